The number of allylic oxidation sites excluding steroid dienone is 1. The summed E-state index contributed by atoms with van der Waals surface area (Å²) in [7, 11) is -3.67. The van der Waals surface area contributed by atoms with E-state index < -0.39 is 27.9 Å². The van der Waals surface area contributed by atoms with Crippen LogP contribution < -0.4 is 14.8 Å². The minimum Gasteiger partial charge on any atom is -0.496 e. The monoisotopic (exact) mass is 585 g/mol. The van der Waals surface area contributed by atoms with E-state index in [2.05, 4.69) is 25.0 Å². The van der Waals surface area contributed by atoms with Crippen molar-refractivity contribution in [1.29, 1.82) is 0 Å². The lowest BCUT2D eigenvalue weighted by molar-refractivity contribution is -0.161. The average molecular weight is 586 g/mol. The van der Waals surface area contributed by atoms with Gasteiger partial charge < -0.3 is 29.2 Å². The summed E-state index contributed by atoms with van der Waals surface area (Å²) in [4.78, 5) is 34.0. The number of esters is 2. The highest BCUT2D eigenvalue weighted by atomic mass is 31.2. The van der Waals surface area contributed by atoms with Crippen LogP contribution in [0.3, 0.4) is 0 Å². The van der Waals surface area contributed by atoms with E-state index in [0.717, 1.165) is 28.3 Å². The first-order valence-corrected chi connectivity index (χ1v) is 18.7. The van der Waals surface area contributed by atoms with E-state index in [0.29, 0.717) is 36.6 Å². The van der Waals surface area contributed by atoms with E-state index in [1.165, 1.54) is 6.92 Å². The summed E-state index contributed by atoms with van der Waals surface area (Å²) in [5.41, 5.74) is 3.95. The molecule has 0 aromatic heterocycles. The van der Waals surface area contributed by atoms with Gasteiger partial charge in [0.25, 0.3) is 0 Å². The number of carbonyl (C=O) groups excluding carboxylic acids is 2. The summed E-state index contributed by atoms with van der Waals surface area (Å²) < 4.78 is 39.6. The molecule has 0 fully saturated rings. The molecule has 0 saturated heterocycles. The summed E-state index contributed by atoms with van der Waals surface area (Å²) in [6.45, 7) is 15.1. The van der Waals surface area contributed by atoms with E-state index in [1.807, 2.05) is 19.9 Å². The van der Waals surface area contributed by atoms with Crippen molar-refractivity contribution in [1.82, 2.24) is 5.32 Å². The lowest BCUT2D eigenvalue weighted by Crippen LogP contribution is -2.23. The van der Waals surface area contributed by atoms with Crippen molar-refractivity contribution >= 4 is 27.6 Å². The second-order valence-corrected chi connectivity index (χ2v) is 18.4. The predicted molar refractivity (Wildman–Crippen MR) is 152 cm³/mol. The zero-order valence-corrected chi connectivity index (χ0v) is 26.4. The third kappa shape index (κ3) is 10.1. The summed E-state index contributed by atoms with van der Waals surface area (Å²) in [5.74, 6) is 0.333. The Labute approximate surface area is 232 Å². The molecule has 2 atom stereocenters. The van der Waals surface area contributed by atoms with Gasteiger partial charge >= 0.3 is 19.5 Å². The van der Waals surface area contributed by atoms with Crippen molar-refractivity contribution in [2.75, 3.05) is 33.0 Å². The van der Waals surface area contributed by atoms with Gasteiger partial charge in [0.2, 0.25) is 6.29 Å². The van der Waals surface area contributed by atoms with Gasteiger partial charge in [0.15, 0.2) is 0 Å². The Kier molecular flexibility index (Phi) is 12.2. The van der Waals surface area contributed by atoms with Crippen LogP contribution in [-0.4, -0.2) is 64.2 Å². The molecule has 2 rings (SSSR count). The van der Waals surface area contributed by atoms with Crippen LogP contribution in [0.4, 0.5) is 0 Å². The third-order valence-electron chi connectivity index (χ3n) is 6.25. The van der Waals surface area contributed by atoms with Gasteiger partial charge in [0, 0.05) is 38.7 Å². The van der Waals surface area contributed by atoms with Crippen molar-refractivity contribution in [3.05, 3.63) is 33.9 Å². The van der Waals surface area contributed by atoms with Crippen molar-refractivity contribution in [2.45, 2.75) is 79.1 Å². The van der Waals surface area contributed by atoms with Crippen LogP contribution >= 0.6 is 7.60 Å². The highest BCUT2D eigenvalue weighted by molar-refractivity contribution is 7.52. The molecule has 1 aromatic carbocycles. The molecule has 10 nitrogen and oxygen atoms in total. The highest BCUT2D eigenvalue weighted by Gasteiger charge is 2.33. The van der Waals surface area contributed by atoms with Crippen LogP contribution in [0.5, 0.6) is 11.5 Å². The summed E-state index contributed by atoms with van der Waals surface area (Å²) in [5, 5.41) is 3.14. The predicted octanol–water partition coefficient (Wildman–Crippen LogP) is 4.97. The molecule has 0 amide bonds. The lowest BCUT2D eigenvalue weighted by Gasteiger charge is -2.21. The molecule has 1 aliphatic heterocycles. The standard InChI is InChI=1S/C27H44NO9PSi/c1-9-23(29)36-20(4)37-38(31,32)14-12-28-16-18(2)10-11-21-25(33-5)19(3)22-17-35-27(30)24(22)26(21)34-13-15-39(6,7)8/h10,20,28H,9,11-17H2,1-8H3,(H,31,32)/t20-/m0/s1. The van der Waals surface area contributed by atoms with Crippen molar-refractivity contribution < 1.29 is 42.5 Å². The summed E-state index contributed by atoms with van der Waals surface area (Å²) in [6, 6.07) is 0.948. The van der Waals surface area contributed by atoms with Crippen LogP contribution in [0.2, 0.25) is 25.7 Å². The number of ether oxygens (including phenoxy) is 4. The summed E-state index contributed by atoms with van der Waals surface area (Å²) in [6.07, 6.45) is 1.42. The van der Waals surface area contributed by atoms with Gasteiger partial charge in [0.05, 0.1) is 19.9 Å². The first-order valence-electron chi connectivity index (χ1n) is 13.3. The quantitative estimate of drug-likeness (QED) is 0.0685. The molecule has 1 aromatic rings. The second kappa shape index (κ2) is 14.5. The molecule has 0 spiro atoms. The molecule has 0 aliphatic carbocycles. The molecular formula is C27H44NO9PSi. The van der Waals surface area contributed by atoms with Gasteiger partial charge in [-0.1, -0.05) is 38.2 Å². The Hall–Kier alpha value is -2.17. The Morgan fingerprint density at radius 3 is 2.59 bits per heavy atom. The molecule has 12 heteroatoms. The molecule has 220 valence electrons. The number of hydrogen-bond donors (Lipinski definition) is 2. The van der Waals surface area contributed by atoms with E-state index in [9.17, 15) is 19.0 Å². The molecular weight excluding hydrogens is 541 g/mol. The van der Waals surface area contributed by atoms with Crippen LogP contribution in [0, 0.1) is 6.92 Å². The van der Waals surface area contributed by atoms with Crippen LogP contribution in [0.25, 0.3) is 0 Å². The fourth-order valence-corrected chi connectivity index (χ4v) is 5.82. The van der Waals surface area contributed by atoms with Crippen molar-refractivity contribution in [3.63, 3.8) is 0 Å². The van der Waals surface area contributed by atoms with Gasteiger partial charge in [-0.3, -0.25) is 13.9 Å². The van der Waals surface area contributed by atoms with Crippen molar-refractivity contribution in [3.8, 4) is 11.5 Å². The minimum absolute atomic E-state index is 0.136. The van der Waals surface area contributed by atoms with Gasteiger partial charge in [-0.15, -0.1) is 0 Å². The maximum atomic E-state index is 12.6. The minimum atomic E-state index is -3.93. The Bertz CT molecular complexity index is 1110. The Morgan fingerprint density at radius 2 is 1.97 bits per heavy atom. The topological polar surface area (TPSA) is 130 Å². The van der Waals surface area contributed by atoms with Crippen LogP contribution in [0.15, 0.2) is 11.6 Å². The third-order valence-corrected chi connectivity index (χ3v) is 9.37. The molecule has 2 N–H and O–H groups in total. The molecule has 0 radical (unpaired) electrons. The Morgan fingerprint density at radius 1 is 1.28 bits per heavy atom. The normalized spacial score (nSPS) is 15.8. The Balaban J connectivity index is 2.09. The number of cyclic esters (lactones) is 1. The number of nitrogens with one attached hydrogen (secondary N) is 1. The number of hydrogen-bond acceptors (Lipinski definition) is 9. The molecule has 0 saturated carbocycles. The van der Waals surface area contributed by atoms with E-state index in [4.69, 9.17) is 23.5 Å². The van der Waals surface area contributed by atoms with Crippen LogP contribution in [0.1, 0.15) is 54.2 Å². The van der Waals surface area contributed by atoms with Gasteiger partial charge in [-0.25, -0.2) is 4.79 Å². The fourth-order valence-electron chi connectivity index (χ4n) is 4.06. The molecule has 1 aliphatic rings. The molecule has 1 heterocycles. The number of carbonyl (C=O) groups is 2. The molecule has 39 heavy (non-hydrogen) atoms. The number of fused-ring (bicyclic) bond motifs is 1. The largest absolute Gasteiger partial charge is 0.496 e. The first kappa shape index (κ1) is 33.0. The van der Waals surface area contributed by atoms with Gasteiger partial charge in [-0.2, -0.15) is 0 Å². The van der Waals surface area contributed by atoms with Crippen LogP contribution in [-0.2, 0) is 36.4 Å². The number of rotatable bonds is 16. The van der Waals surface area contributed by atoms with E-state index >= 15 is 0 Å². The lowest BCUT2D eigenvalue weighted by atomic mass is 9.95. The average Bonchev–Trinajstić information content (AvgIpc) is 3.22. The van der Waals surface area contributed by atoms with Gasteiger partial charge in [-0.05, 0) is 38.8 Å². The van der Waals surface area contributed by atoms with Gasteiger partial charge in [0.1, 0.15) is 23.7 Å². The summed E-state index contributed by atoms with van der Waals surface area (Å²) >= 11 is 0. The molecule has 1 unspecified atom stereocenters. The molecule has 0 bridgehead atoms. The smallest absolute Gasteiger partial charge is 0.342 e. The van der Waals surface area contributed by atoms with E-state index in [-0.39, 0.29) is 31.7 Å². The number of benzene rings is 1. The van der Waals surface area contributed by atoms with Crippen molar-refractivity contribution in [2.24, 2.45) is 0 Å². The SMILES string of the molecule is CCC(=O)O[C@H](C)OP(=O)(O)CCNCC(C)=CCc1c(OC)c(C)c2c(c1OCC[Si](C)(C)C)C(=O)OC2. The van der Waals surface area contributed by atoms with E-state index in [1.54, 1.807) is 14.0 Å². The maximum absolute atomic E-state index is 12.6. The first-order chi connectivity index (χ1) is 18.2. The zero-order valence-electron chi connectivity index (χ0n) is 24.5. The maximum Gasteiger partial charge on any atom is 0.342 e. The second-order valence-electron chi connectivity index (χ2n) is 10.9. The zero-order chi connectivity index (χ0) is 29.4. The number of methoxy groups -OCH3 is 1. The fraction of sp³-hybridized carbons (Fsp3) is 0.630. The highest BCUT2D eigenvalue weighted by Crippen LogP contribution is 2.44.